The van der Waals surface area contributed by atoms with Crippen LogP contribution < -0.4 is 5.32 Å². The number of halogens is 1. The molecule has 0 bridgehead atoms. The number of benzene rings is 1. The van der Waals surface area contributed by atoms with Crippen molar-refractivity contribution in [3.05, 3.63) is 40.7 Å². The van der Waals surface area contributed by atoms with Gasteiger partial charge in [-0.3, -0.25) is 0 Å². The van der Waals surface area contributed by atoms with Crippen molar-refractivity contribution in [2.75, 3.05) is 5.32 Å². The molecule has 2 aromatic rings. The van der Waals surface area contributed by atoms with Crippen molar-refractivity contribution in [3.8, 4) is 0 Å². The molecule has 16 heavy (non-hydrogen) atoms. The summed E-state index contributed by atoms with van der Waals surface area (Å²) in [5, 5.41) is 4.88. The molecule has 0 aliphatic carbocycles. The van der Waals surface area contributed by atoms with Gasteiger partial charge >= 0.3 is 0 Å². The van der Waals surface area contributed by atoms with Crippen LogP contribution in [-0.2, 0) is 0 Å². The Morgan fingerprint density at radius 3 is 2.88 bits per heavy atom. The van der Waals surface area contributed by atoms with Crippen LogP contribution in [0, 0.1) is 6.92 Å². The van der Waals surface area contributed by atoms with Gasteiger partial charge in [0, 0.05) is 16.6 Å². The summed E-state index contributed by atoms with van der Waals surface area (Å²) in [6.45, 7) is 3.95. The third-order valence-electron chi connectivity index (χ3n) is 2.22. The molecule has 5 heteroatoms. The molecular formula is C11H12ClN3S. The maximum Gasteiger partial charge on any atom is 0.203 e. The molecule has 1 N–H and O–H groups in total. The molecule has 1 heterocycles. The molecule has 1 aromatic heterocycles. The Labute approximate surface area is 104 Å². The van der Waals surface area contributed by atoms with Crippen LogP contribution >= 0.6 is 23.1 Å². The van der Waals surface area contributed by atoms with Crippen molar-refractivity contribution in [2.24, 2.45) is 0 Å². The van der Waals surface area contributed by atoms with Gasteiger partial charge in [0.2, 0.25) is 5.13 Å². The van der Waals surface area contributed by atoms with Gasteiger partial charge in [0.1, 0.15) is 5.82 Å². The minimum atomic E-state index is 0.172. The van der Waals surface area contributed by atoms with Crippen LogP contribution in [0.15, 0.2) is 24.3 Å². The highest BCUT2D eigenvalue weighted by atomic mass is 35.5. The second-order valence-electron chi connectivity index (χ2n) is 3.57. The van der Waals surface area contributed by atoms with Gasteiger partial charge < -0.3 is 5.32 Å². The van der Waals surface area contributed by atoms with Crippen LogP contribution in [-0.4, -0.2) is 9.36 Å². The van der Waals surface area contributed by atoms with Crippen LogP contribution in [0.1, 0.15) is 24.4 Å². The smallest absolute Gasteiger partial charge is 0.203 e. The van der Waals surface area contributed by atoms with E-state index in [1.54, 1.807) is 0 Å². The zero-order chi connectivity index (χ0) is 11.5. The van der Waals surface area contributed by atoms with E-state index >= 15 is 0 Å². The van der Waals surface area contributed by atoms with E-state index < -0.39 is 0 Å². The van der Waals surface area contributed by atoms with Gasteiger partial charge in [-0.25, -0.2) is 4.98 Å². The third-order valence-corrected chi connectivity index (χ3v) is 3.19. The second-order valence-corrected chi connectivity index (χ2v) is 4.76. The molecule has 1 atom stereocenters. The van der Waals surface area contributed by atoms with Gasteiger partial charge in [0.15, 0.2) is 0 Å². The fourth-order valence-corrected chi connectivity index (χ4v) is 2.26. The van der Waals surface area contributed by atoms with Crippen molar-refractivity contribution in [1.29, 1.82) is 0 Å². The molecule has 2 rings (SSSR count). The zero-order valence-corrected chi connectivity index (χ0v) is 10.6. The highest BCUT2D eigenvalue weighted by Crippen LogP contribution is 2.22. The number of nitrogens with zero attached hydrogens (tertiary/aromatic N) is 2. The van der Waals surface area contributed by atoms with Crippen molar-refractivity contribution >= 4 is 28.3 Å². The Bertz CT molecular complexity index is 484. The SMILES string of the molecule is Cc1nsc(NC(C)c2cccc(Cl)c2)n1. The Morgan fingerprint density at radius 1 is 1.44 bits per heavy atom. The molecule has 0 radical (unpaired) electrons. The van der Waals surface area contributed by atoms with E-state index in [0.29, 0.717) is 0 Å². The lowest BCUT2D eigenvalue weighted by Gasteiger charge is -2.12. The Kier molecular flexibility index (Phi) is 3.41. The standard InChI is InChI=1S/C11H12ClN3S/c1-7(9-4-3-5-10(12)6-9)13-11-14-8(2)15-16-11/h3-7H,1-2H3,(H,13,14,15). The minimum absolute atomic E-state index is 0.172. The van der Waals surface area contributed by atoms with Gasteiger partial charge in [-0.2, -0.15) is 4.37 Å². The van der Waals surface area contributed by atoms with E-state index in [9.17, 15) is 0 Å². The third kappa shape index (κ3) is 2.71. The lowest BCUT2D eigenvalue weighted by molar-refractivity contribution is 0.880. The van der Waals surface area contributed by atoms with E-state index in [-0.39, 0.29) is 6.04 Å². The fourth-order valence-electron chi connectivity index (χ4n) is 1.40. The van der Waals surface area contributed by atoms with Gasteiger partial charge in [-0.1, -0.05) is 23.7 Å². The number of aryl methyl sites for hydroxylation is 1. The summed E-state index contributed by atoms with van der Waals surface area (Å²) in [4.78, 5) is 4.26. The van der Waals surface area contributed by atoms with Gasteiger partial charge in [-0.05, 0) is 31.5 Å². The first-order chi connectivity index (χ1) is 7.65. The van der Waals surface area contributed by atoms with Crippen molar-refractivity contribution in [3.63, 3.8) is 0 Å². The average molecular weight is 254 g/mol. The number of aromatic nitrogens is 2. The average Bonchev–Trinajstić information content (AvgIpc) is 2.64. The molecule has 0 aliphatic rings. The molecule has 84 valence electrons. The first-order valence-corrected chi connectivity index (χ1v) is 6.12. The van der Waals surface area contributed by atoms with Gasteiger partial charge in [-0.15, -0.1) is 0 Å². The van der Waals surface area contributed by atoms with Gasteiger partial charge in [0.25, 0.3) is 0 Å². The monoisotopic (exact) mass is 253 g/mol. The van der Waals surface area contributed by atoms with Gasteiger partial charge in [0.05, 0.1) is 6.04 Å². The molecule has 0 spiro atoms. The summed E-state index contributed by atoms with van der Waals surface area (Å²) in [5.41, 5.74) is 1.14. The molecule has 1 aromatic carbocycles. The zero-order valence-electron chi connectivity index (χ0n) is 9.07. The van der Waals surface area contributed by atoms with E-state index in [1.807, 2.05) is 31.2 Å². The van der Waals surface area contributed by atoms with Crippen LogP contribution in [0.4, 0.5) is 5.13 Å². The highest BCUT2D eigenvalue weighted by molar-refractivity contribution is 7.09. The Morgan fingerprint density at radius 2 is 2.25 bits per heavy atom. The number of hydrogen-bond acceptors (Lipinski definition) is 4. The lowest BCUT2D eigenvalue weighted by Crippen LogP contribution is -2.06. The number of rotatable bonds is 3. The number of nitrogens with one attached hydrogen (secondary N) is 1. The lowest BCUT2D eigenvalue weighted by atomic mass is 10.1. The Balaban J connectivity index is 2.11. The van der Waals surface area contributed by atoms with E-state index in [4.69, 9.17) is 11.6 Å². The maximum atomic E-state index is 5.94. The molecule has 0 amide bonds. The number of hydrogen-bond donors (Lipinski definition) is 1. The highest BCUT2D eigenvalue weighted by Gasteiger charge is 2.08. The summed E-state index contributed by atoms with van der Waals surface area (Å²) in [5.74, 6) is 0.797. The van der Waals surface area contributed by atoms with Crippen LogP contribution in [0.5, 0.6) is 0 Å². The van der Waals surface area contributed by atoms with Crippen LogP contribution in [0.3, 0.4) is 0 Å². The molecular weight excluding hydrogens is 242 g/mol. The van der Waals surface area contributed by atoms with Crippen molar-refractivity contribution in [2.45, 2.75) is 19.9 Å². The first kappa shape index (κ1) is 11.4. The summed E-state index contributed by atoms with van der Waals surface area (Å²) in [6, 6.07) is 7.98. The van der Waals surface area contributed by atoms with Crippen molar-refractivity contribution in [1.82, 2.24) is 9.36 Å². The molecule has 0 saturated carbocycles. The summed E-state index contributed by atoms with van der Waals surface area (Å²) in [7, 11) is 0. The minimum Gasteiger partial charge on any atom is -0.354 e. The van der Waals surface area contributed by atoms with Crippen molar-refractivity contribution < 1.29 is 0 Å². The summed E-state index contributed by atoms with van der Waals surface area (Å²) >= 11 is 7.31. The molecule has 3 nitrogen and oxygen atoms in total. The fraction of sp³-hybridized carbons (Fsp3) is 0.273. The van der Waals surface area contributed by atoms with Crippen LogP contribution in [0.2, 0.25) is 5.02 Å². The number of anilines is 1. The summed E-state index contributed by atoms with van der Waals surface area (Å²) in [6.07, 6.45) is 0. The maximum absolute atomic E-state index is 5.94. The normalized spacial score (nSPS) is 12.4. The molecule has 0 aliphatic heterocycles. The quantitative estimate of drug-likeness (QED) is 0.907. The largest absolute Gasteiger partial charge is 0.354 e. The van der Waals surface area contributed by atoms with E-state index in [2.05, 4.69) is 21.6 Å². The predicted octanol–water partition coefficient (Wildman–Crippen LogP) is 3.67. The Hall–Kier alpha value is -1.13. The molecule has 1 unspecified atom stereocenters. The van der Waals surface area contributed by atoms with E-state index in [1.165, 1.54) is 11.5 Å². The first-order valence-electron chi connectivity index (χ1n) is 4.97. The second kappa shape index (κ2) is 4.80. The van der Waals surface area contributed by atoms with E-state index in [0.717, 1.165) is 21.5 Å². The summed E-state index contributed by atoms with van der Waals surface area (Å²) < 4.78 is 4.12. The molecule has 0 fully saturated rings. The van der Waals surface area contributed by atoms with Crippen LogP contribution in [0.25, 0.3) is 0 Å². The topological polar surface area (TPSA) is 37.8 Å². The molecule has 0 saturated heterocycles. The predicted molar refractivity (Wildman–Crippen MR) is 68.1 cm³/mol.